The first-order chi connectivity index (χ1) is 14.7. The fraction of sp³-hybridized carbons (Fsp3) is 0.348. The van der Waals surface area contributed by atoms with Gasteiger partial charge in [-0.2, -0.15) is 0 Å². The van der Waals surface area contributed by atoms with Crippen molar-refractivity contribution in [1.82, 2.24) is 20.1 Å². The lowest BCUT2D eigenvalue weighted by molar-refractivity contribution is 0.611. The zero-order chi connectivity index (χ0) is 20.5. The molecule has 1 fully saturated rings. The van der Waals surface area contributed by atoms with E-state index in [0.717, 1.165) is 52.4 Å². The topological polar surface area (TPSA) is 55.1 Å². The second-order valence-electron chi connectivity index (χ2n) is 7.70. The van der Waals surface area contributed by atoms with E-state index in [0.29, 0.717) is 18.1 Å². The number of aromatic nitrogens is 3. The molecule has 1 aliphatic heterocycles. The summed E-state index contributed by atoms with van der Waals surface area (Å²) in [5.74, 6) is 3.63. The molecule has 3 aromatic rings. The number of hydrogen-bond acceptors (Lipinski definition) is 5. The summed E-state index contributed by atoms with van der Waals surface area (Å²) >= 11 is 8.15. The molecule has 0 bridgehead atoms. The van der Waals surface area contributed by atoms with Gasteiger partial charge in [0.05, 0.1) is 17.9 Å². The van der Waals surface area contributed by atoms with Gasteiger partial charge in [0.25, 0.3) is 0 Å². The number of benzene rings is 2. The Morgan fingerprint density at radius 3 is 2.83 bits per heavy atom. The summed E-state index contributed by atoms with van der Waals surface area (Å²) in [6.45, 7) is 4.42. The van der Waals surface area contributed by atoms with Crippen molar-refractivity contribution in [3.63, 3.8) is 0 Å². The molecule has 7 heteroatoms. The van der Waals surface area contributed by atoms with E-state index in [1.165, 1.54) is 17.7 Å². The Morgan fingerprint density at radius 2 is 2.03 bits per heavy atom. The van der Waals surface area contributed by atoms with Crippen LogP contribution < -0.4 is 5.32 Å². The minimum absolute atomic E-state index is 0.488. The number of thioether (sulfide) groups is 1. The average molecular weight is 438 g/mol. The number of nitrogens with zero attached hydrogens (tertiary/aromatic N) is 4. The molecular weight excluding hydrogens is 414 g/mol. The first kappa shape index (κ1) is 19.8. The number of fused-ring (bicyclic) bond motifs is 3. The quantitative estimate of drug-likeness (QED) is 0.535. The lowest BCUT2D eigenvalue weighted by atomic mass is 10.0. The summed E-state index contributed by atoms with van der Waals surface area (Å²) in [6, 6.07) is 14.4. The standard InChI is InChI=1S/C23H24ClN5S/c1-2-30-19-8-4-7-18-22(19)23(16-5-3-6-17(24)11-16)26-14-21-28-27-20(29(18)21)13-25-12-15-9-10-15/h3-8,11,15,25H,2,9-10,12-14H2,1H3. The monoisotopic (exact) mass is 437 g/mol. The molecule has 5 nitrogen and oxygen atoms in total. The summed E-state index contributed by atoms with van der Waals surface area (Å²) in [6.07, 6.45) is 2.67. The Balaban J connectivity index is 1.62. The van der Waals surface area contributed by atoms with Crippen molar-refractivity contribution >= 4 is 29.1 Å². The minimum atomic E-state index is 0.488. The van der Waals surface area contributed by atoms with E-state index < -0.39 is 0 Å². The highest BCUT2D eigenvalue weighted by atomic mass is 35.5. The molecule has 1 aliphatic carbocycles. The predicted molar refractivity (Wildman–Crippen MR) is 123 cm³/mol. The smallest absolute Gasteiger partial charge is 0.159 e. The predicted octanol–water partition coefficient (Wildman–Crippen LogP) is 4.88. The molecule has 0 spiro atoms. The van der Waals surface area contributed by atoms with Crippen molar-refractivity contribution in [2.75, 3.05) is 12.3 Å². The van der Waals surface area contributed by atoms with Crippen molar-refractivity contribution in [3.05, 3.63) is 70.3 Å². The van der Waals surface area contributed by atoms with E-state index in [1.54, 1.807) is 0 Å². The van der Waals surface area contributed by atoms with Gasteiger partial charge >= 0.3 is 0 Å². The van der Waals surface area contributed by atoms with Crippen LogP contribution in [0.4, 0.5) is 0 Å². The second-order valence-corrected chi connectivity index (χ2v) is 9.44. The molecule has 0 saturated heterocycles. The van der Waals surface area contributed by atoms with E-state index in [2.05, 4.69) is 51.3 Å². The fourth-order valence-corrected chi connectivity index (χ4v) is 4.90. The molecule has 5 rings (SSSR count). The van der Waals surface area contributed by atoms with Crippen molar-refractivity contribution in [3.8, 4) is 5.69 Å². The van der Waals surface area contributed by atoms with Crippen LogP contribution in [-0.4, -0.2) is 32.8 Å². The van der Waals surface area contributed by atoms with Gasteiger partial charge in [-0.1, -0.05) is 36.7 Å². The van der Waals surface area contributed by atoms with Crippen LogP contribution in [0.2, 0.25) is 5.02 Å². The highest BCUT2D eigenvalue weighted by Gasteiger charge is 2.26. The highest BCUT2D eigenvalue weighted by Crippen LogP contribution is 2.34. The number of nitrogens with one attached hydrogen (secondary N) is 1. The van der Waals surface area contributed by atoms with Crippen molar-refractivity contribution in [2.24, 2.45) is 10.9 Å². The number of rotatable bonds is 7. The van der Waals surface area contributed by atoms with Gasteiger partial charge in [-0.05, 0) is 55.3 Å². The van der Waals surface area contributed by atoms with E-state index in [4.69, 9.17) is 16.6 Å². The van der Waals surface area contributed by atoms with Gasteiger partial charge in [0.2, 0.25) is 0 Å². The minimum Gasteiger partial charge on any atom is -0.310 e. The summed E-state index contributed by atoms with van der Waals surface area (Å²) < 4.78 is 2.19. The fourth-order valence-electron chi connectivity index (χ4n) is 3.88. The summed E-state index contributed by atoms with van der Waals surface area (Å²) in [4.78, 5) is 6.21. The lowest BCUT2D eigenvalue weighted by Crippen LogP contribution is -2.20. The highest BCUT2D eigenvalue weighted by molar-refractivity contribution is 7.99. The average Bonchev–Trinajstić information content (AvgIpc) is 3.51. The van der Waals surface area contributed by atoms with Gasteiger partial charge in [-0.3, -0.25) is 9.56 Å². The Morgan fingerprint density at radius 1 is 1.17 bits per heavy atom. The maximum atomic E-state index is 6.32. The van der Waals surface area contributed by atoms with Crippen LogP contribution in [0.1, 0.15) is 42.5 Å². The first-order valence-corrected chi connectivity index (χ1v) is 11.8. The molecule has 30 heavy (non-hydrogen) atoms. The molecule has 1 saturated carbocycles. The Bertz CT molecular complexity index is 1100. The molecule has 0 unspecified atom stereocenters. The van der Waals surface area contributed by atoms with Crippen LogP contribution in [-0.2, 0) is 13.1 Å². The van der Waals surface area contributed by atoms with E-state index in [9.17, 15) is 0 Å². The van der Waals surface area contributed by atoms with Gasteiger partial charge in [-0.25, -0.2) is 0 Å². The molecule has 0 amide bonds. The molecule has 2 aliphatic rings. The summed E-state index contributed by atoms with van der Waals surface area (Å²) in [7, 11) is 0. The maximum absolute atomic E-state index is 6.32. The molecular formula is C23H24ClN5S. The third-order valence-electron chi connectivity index (χ3n) is 5.47. The van der Waals surface area contributed by atoms with Crippen LogP contribution in [0.15, 0.2) is 52.4 Å². The molecule has 0 radical (unpaired) electrons. The molecule has 0 atom stereocenters. The van der Waals surface area contributed by atoms with Gasteiger partial charge in [-0.15, -0.1) is 22.0 Å². The van der Waals surface area contributed by atoms with Gasteiger partial charge < -0.3 is 5.32 Å². The molecule has 2 aromatic carbocycles. The van der Waals surface area contributed by atoms with Crippen molar-refractivity contribution in [2.45, 2.75) is 37.8 Å². The van der Waals surface area contributed by atoms with Crippen LogP contribution in [0.3, 0.4) is 0 Å². The van der Waals surface area contributed by atoms with Gasteiger partial charge in [0.1, 0.15) is 6.54 Å². The number of halogens is 1. The third-order valence-corrected chi connectivity index (χ3v) is 6.64. The Labute approximate surface area is 186 Å². The zero-order valence-electron chi connectivity index (χ0n) is 16.9. The molecule has 2 heterocycles. The lowest BCUT2D eigenvalue weighted by Gasteiger charge is -2.17. The van der Waals surface area contributed by atoms with Crippen molar-refractivity contribution in [1.29, 1.82) is 0 Å². The van der Waals surface area contributed by atoms with Crippen LogP contribution in [0.5, 0.6) is 0 Å². The van der Waals surface area contributed by atoms with Gasteiger partial charge in [0.15, 0.2) is 11.6 Å². The zero-order valence-corrected chi connectivity index (χ0v) is 18.5. The van der Waals surface area contributed by atoms with E-state index >= 15 is 0 Å². The Kier molecular flexibility index (Phi) is 5.63. The SMILES string of the molecule is CCSc1cccc2c1C(c1cccc(Cl)c1)=NCc1nnc(CNCC3CC3)n1-2. The number of aliphatic imine (C=N–C) groups is 1. The Hall–Kier alpha value is -2.15. The second kappa shape index (κ2) is 8.53. The molecule has 154 valence electrons. The largest absolute Gasteiger partial charge is 0.310 e. The van der Waals surface area contributed by atoms with Crippen LogP contribution in [0.25, 0.3) is 5.69 Å². The van der Waals surface area contributed by atoms with E-state index in [-0.39, 0.29) is 0 Å². The normalized spacial score (nSPS) is 15.3. The summed E-state index contributed by atoms with van der Waals surface area (Å²) in [5, 5.41) is 13.3. The first-order valence-electron chi connectivity index (χ1n) is 10.5. The third kappa shape index (κ3) is 3.92. The molecule has 1 N–H and O–H groups in total. The summed E-state index contributed by atoms with van der Waals surface area (Å²) in [5.41, 5.74) is 4.22. The number of hydrogen-bond donors (Lipinski definition) is 1. The van der Waals surface area contributed by atoms with Crippen LogP contribution in [0, 0.1) is 5.92 Å². The molecule has 1 aromatic heterocycles. The van der Waals surface area contributed by atoms with Gasteiger partial charge in [0, 0.05) is 21.0 Å². The van der Waals surface area contributed by atoms with Crippen LogP contribution >= 0.6 is 23.4 Å². The van der Waals surface area contributed by atoms with E-state index in [1.807, 2.05) is 30.0 Å². The van der Waals surface area contributed by atoms with Crippen molar-refractivity contribution < 1.29 is 0 Å². The maximum Gasteiger partial charge on any atom is 0.159 e.